The van der Waals surface area contributed by atoms with Crippen molar-refractivity contribution >= 4 is 5.97 Å². The highest BCUT2D eigenvalue weighted by molar-refractivity contribution is 5.70. The van der Waals surface area contributed by atoms with Gasteiger partial charge in [0.2, 0.25) is 0 Å². The molecule has 0 bridgehead atoms. The molecule has 3 nitrogen and oxygen atoms in total. The van der Waals surface area contributed by atoms with Crippen molar-refractivity contribution in [3.63, 3.8) is 0 Å². The van der Waals surface area contributed by atoms with Gasteiger partial charge < -0.3 is 10.2 Å². The molecule has 2 aliphatic carbocycles. The topological polar surface area (TPSA) is 57.5 Å². The Hall–Kier alpha value is -0.570. The van der Waals surface area contributed by atoms with Gasteiger partial charge in [0.1, 0.15) is 0 Å². The van der Waals surface area contributed by atoms with Gasteiger partial charge in [-0.15, -0.1) is 0 Å². The Labute approximate surface area is 530 Å². The van der Waals surface area contributed by atoms with E-state index < -0.39 is 18.0 Å². The highest BCUT2D eigenvalue weighted by atomic mass is 16.4. The maximum absolute atomic E-state index is 12.0. The van der Waals surface area contributed by atoms with Crippen LogP contribution in [-0.2, 0) is 4.79 Å². The lowest BCUT2D eigenvalue weighted by atomic mass is 9.91. The van der Waals surface area contributed by atoms with E-state index in [1.807, 2.05) is 0 Å². The molecule has 0 spiro atoms. The number of unbranched alkanes of at least 4 members (excludes halogenated alkanes) is 60. The van der Waals surface area contributed by atoms with Crippen LogP contribution in [0.2, 0.25) is 0 Å². The summed E-state index contributed by atoms with van der Waals surface area (Å²) in [5, 5.41) is 20.6. The van der Waals surface area contributed by atoms with Crippen LogP contribution < -0.4 is 0 Å². The van der Waals surface area contributed by atoms with Crippen LogP contribution in [0.25, 0.3) is 0 Å². The predicted molar refractivity (Wildman–Crippen MR) is 375 cm³/mol. The first-order chi connectivity index (χ1) is 41.6. The first-order valence-electron chi connectivity index (χ1n) is 40.5. The molecule has 500 valence electrons. The van der Waals surface area contributed by atoms with Crippen LogP contribution in [0.1, 0.15) is 476 Å². The third-order valence-electron chi connectivity index (χ3n) is 21.4. The summed E-state index contributed by atoms with van der Waals surface area (Å²) in [6.45, 7) is 4.61. The summed E-state index contributed by atoms with van der Waals surface area (Å²) in [4.78, 5) is 12.0. The molecule has 84 heavy (non-hydrogen) atoms. The van der Waals surface area contributed by atoms with Gasteiger partial charge in [0.25, 0.3) is 0 Å². The number of carboxylic acids is 1. The Morgan fingerprint density at radius 1 is 0.250 bits per heavy atom. The summed E-state index contributed by atoms with van der Waals surface area (Å²) < 4.78 is 0. The molecule has 2 N–H and O–H groups in total. The van der Waals surface area contributed by atoms with E-state index in [1.54, 1.807) is 25.7 Å². The highest BCUT2D eigenvalue weighted by Crippen LogP contribution is 2.47. The lowest BCUT2D eigenvalue weighted by Gasteiger charge is -2.19. The van der Waals surface area contributed by atoms with Gasteiger partial charge in [0.15, 0.2) is 0 Å². The molecule has 0 radical (unpaired) electrons. The van der Waals surface area contributed by atoms with E-state index in [0.717, 1.165) is 49.4 Å². The van der Waals surface area contributed by atoms with E-state index in [-0.39, 0.29) is 0 Å². The summed E-state index contributed by atoms with van der Waals surface area (Å²) in [6, 6.07) is 0. The average molecular weight is 1180 g/mol. The Bertz CT molecular complexity index is 1280. The number of aliphatic carboxylic acids is 1. The van der Waals surface area contributed by atoms with Gasteiger partial charge >= 0.3 is 5.97 Å². The Kier molecular flexibility index (Phi) is 60.6. The zero-order valence-corrected chi connectivity index (χ0v) is 58.2. The molecule has 2 saturated carbocycles. The van der Waals surface area contributed by atoms with Crippen molar-refractivity contribution in [2.24, 2.45) is 29.6 Å². The van der Waals surface area contributed by atoms with Crippen molar-refractivity contribution in [3.05, 3.63) is 0 Å². The van der Waals surface area contributed by atoms with Crippen LogP contribution in [0.3, 0.4) is 0 Å². The number of aliphatic hydroxyl groups excluding tert-OH is 1. The first-order valence-corrected chi connectivity index (χ1v) is 40.5. The van der Waals surface area contributed by atoms with Crippen molar-refractivity contribution in [2.45, 2.75) is 482 Å². The van der Waals surface area contributed by atoms with E-state index in [0.29, 0.717) is 12.8 Å². The van der Waals surface area contributed by atoms with Crippen LogP contribution in [0.5, 0.6) is 0 Å². The van der Waals surface area contributed by atoms with E-state index >= 15 is 0 Å². The van der Waals surface area contributed by atoms with Crippen LogP contribution >= 0.6 is 0 Å². The number of hydrogen-bond donors (Lipinski definition) is 2. The third-order valence-corrected chi connectivity index (χ3v) is 21.4. The second kappa shape index (κ2) is 64.0. The molecule has 2 rings (SSSR count). The number of rotatable bonds is 74. The Morgan fingerprint density at radius 3 is 0.583 bits per heavy atom. The molecule has 6 atom stereocenters. The molecule has 0 heterocycles. The number of aliphatic hydroxyl groups is 1. The molecule has 0 aromatic heterocycles. The zero-order chi connectivity index (χ0) is 60.0. The summed E-state index contributed by atoms with van der Waals surface area (Å²) in [5.41, 5.74) is 0. The molecule has 0 aliphatic heterocycles. The van der Waals surface area contributed by atoms with E-state index in [1.165, 1.54) is 398 Å². The number of carboxylic acid groups (broad SMARTS) is 1. The fourth-order valence-electron chi connectivity index (χ4n) is 15.1. The molecule has 0 saturated heterocycles. The molecule has 0 aromatic carbocycles. The standard InChI is InChI=1S/C81H158O3/c1-3-5-7-9-11-13-15-17-19-21-22-23-24-25-29-33-37-41-45-53-59-65-71-79(81(83)84)80(82)72-66-60-54-46-42-38-34-30-26-28-32-36-40-44-50-56-62-68-76-74-78(76)70-64-58-52-48-47-51-57-63-69-77-73-75(77)67-61-55-49-43-39-35-31-27-20-18-16-14-12-10-8-6-4-2/h75-80,82H,3-74H2,1-2H3,(H,83,84)/t75?,76?,77?,78?,79-,80-/m1/s1. The van der Waals surface area contributed by atoms with Crippen molar-refractivity contribution in [1.29, 1.82) is 0 Å². The second-order valence-electron chi connectivity index (χ2n) is 29.7. The largest absolute Gasteiger partial charge is 0.481 e. The molecular weight excluding hydrogens is 1020 g/mol. The quantitative estimate of drug-likeness (QED) is 0.0597. The van der Waals surface area contributed by atoms with Gasteiger partial charge in [0, 0.05) is 0 Å². The number of carbonyl (C=O) groups is 1. The Balaban J connectivity index is 1.19. The normalized spacial score (nSPS) is 17.4. The monoisotopic (exact) mass is 1180 g/mol. The molecule has 3 heteroatoms. The lowest BCUT2D eigenvalue weighted by molar-refractivity contribution is -0.146. The van der Waals surface area contributed by atoms with Crippen molar-refractivity contribution < 1.29 is 15.0 Å². The van der Waals surface area contributed by atoms with Gasteiger partial charge in [-0.05, 0) is 49.4 Å². The van der Waals surface area contributed by atoms with Gasteiger partial charge in [-0.3, -0.25) is 4.79 Å². The van der Waals surface area contributed by atoms with Crippen molar-refractivity contribution in [3.8, 4) is 0 Å². The van der Waals surface area contributed by atoms with E-state index in [4.69, 9.17) is 0 Å². The predicted octanol–water partition coefficient (Wildman–Crippen LogP) is 28.7. The van der Waals surface area contributed by atoms with Crippen LogP contribution in [0, 0.1) is 29.6 Å². The van der Waals surface area contributed by atoms with Crippen molar-refractivity contribution in [2.75, 3.05) is 0 Å². The lowest BCUT2D eigenvalue weighted by Crippen LogP contribution is -2.28. The number of hydrogen-bond acceptors (Lipinski definition) is 2. The first kappa shape index (κ1) is 79.5. The average Bonchev–Trinajstić information content (AvgIpc) is 4.58. The summed E-state index contributed by atoms with van der Waals surface area (Å²) in [5.74, 6) is 3.06. The van der Waals surface area contributed by atoms with Gasteiger partial charge in [-0.2, -0.15) is 0 Å². The minimum atomic E-state index is -0.796. The van der Waals surface area contributed by atoms with Gasteiger partial charge in [-0.1, -0.05) is 450 Å². The van der Waals surface area contributed by atoms with Crippen LogP contribution in [0.15, 0.2) is 0 Å². The van der Waals surface area contributed by atoms with Gasteiger partial charge in [0.05, 0.1) is 12.0 Å². The zero-order valence-electron chi connectivity index (χ0n) is 58.2. The maximum Gasteiger partial charge on any atom is 0.309 e. The molecule has 2 fully saturated rings. The Morgan fingerprint density at radius 2 is 0.405 bits per heavy atom. The molecule has 0 aromatic rings. The highest BCUT2D eigenvalue weighted by Gasteiger charge is 2.36. The molecule has 4 unspecified atom stereocenters. The van der Waals surface area contributed by atoms with E-state index in [2.05, 4.69) is 13.8 Å². The fraction of sp³-hybridized carbons (Fsp3) is 0.988. The molecule has 0 amide bonds. The molecule has 2 aliphatic rings. The summed E-state index contributed by atoms with van der Waals surface area (Å²) in [7, 11) is 0. The summed E-state index contributed by atoms with van der Waals surface area (Å²) in [6.07, 6.45) is 100. The van der Waals surface area contributed by atoms with E-state index in [9.17, 15) is 15.0 Å². The SMILES string of the molecule is CCCCCCCCCCCCCCCCCCCCCCCC[C@@H](C(=O)O)[C@H](O)CCCCCCCCCCCCCCCCCCCC1CC1CCCCCCCCCCC1CC1CCCCCCCCCCCCCCCCCCC. The summed E-state index contributed by atoms with van der Waals surface area (Å²) >= 11 is 0. The van der Waals surface area contributed by atoms with Crippen molar-refractivity contribution in [1.82, 2.24) is 0 Å². The maximum atomic E-state index is 12.0. The van der Waals surface area contributed by atoms with Gasteiger partial charge in [-0.25, -0.2) is 0 Å². The fourth-order valence-corrected chi connectivity index (χ4v) is 15.1. The smallest absolute Gasteiger partial charge is 0.309 e. The third kappa shape index (κ3) is 55.5. The molecular formula is C81H158O3. The minimum absolute atomic E-state index is 0.581. The minimum Gasteiger partial charge on any atom is -0.481 e. The van der Waals surface area contributed by atoms with Crippen LogP contribution in [-0.4, -0.2) is 22.3 Å². The second-order valence-corrected chi connectivity index (χ2v) is 29.7. The van der Waals surface area contributed by atoms with Crippen LogP contribution in [0.4, 0.5) is 0 Å².